The number of nitro benzene ring substituents is 1. The first kappa shape index (κ1) is 28.1. The Hall–Kier alpha value is -4.06. The molecule has 3 aliphatic rings. The minimum absolute atomic E-state index is 0.0743. The van der Waals surface area contributed by atoms with E-state index in [9.17, 15) is 24.8 Å². The normalized spacial score (nSPS) is 23.1. The van der Waals surface area contributed by atoms with Crippen molar-refractivity contribution >= 4 is 50.5 Å². The van der Waals surface area contributed by atoms with Gasteiger partial charge in [0.15, 0.2) is 0 Å². The highest BCUT2D eigenvalue weighted by Crippen LogP contribution is 2.38. The number of rotatable bonds is 7. The number of halogens is 1. The summed E-state index contributed by atoms with van der Waals surface area (Å²) in [5.41, 5.74) is 5.78. The van der Waals surface area contributed by atoms with Gasteiger partial charge >= 0.3 is 0 Å². The molecule has 3 aliphatic heterocycles. The second-order valence-corrected chi connectivity index (χ2v) is 11.7. The molecule has 0 bridgehead atoms. The molecule has 2 saturated heterocycles. The van der Waals surface area contributed by atoms with Gasteiger partial charge < -0.3 is 15.4 Å². The highest BCUT2D eigenvalue weighted by atomic mass is 79.9. The molecule has 0 saturated carbocycles. The number of hydrogen-bond acceptors (Lipinski definition) is 8. The third kappa shape index (κ3) is 5.31. The van der Waals surface area contributed by atoms with Crippen LogP contribution in [0.3, 0.4) is 0 Å². The maximum atomic E-state index is 14.0. The van der Waals surface area contributed by atoms with Gasteiger partial charge in [-0.25, -0.2) is 9.91 Å². The van der Waals surface area contributed by atoms with Crippen LogP contribution in [0.15, 0.2) is 89.4 Å². The van der Waals surface area contributed by atoms with Crippen LogP contribution < -0.4 is 15.2 Å². The van der Waals surface area contributed by atoms with E-state index in [-0.39, 0.29) is 11.6 Å². The molecular formula is C31H30BrN5O5. The Morgan fingerprint density at radius 1 is 0.857 bits per heavy atom. The predicted octanol–water partition coefficient (Wildman–Crippen LogP) is 5.21. The van der Waals surface area contributed by atoms with Crippen LogP contribution in [-0.4, -0.2) is 52.0 Å². The number of imide groups is 1. The van der Waals surface area contributed by atoms with Crippen LogP contribution >= 0.6 is 15.9 Å². The number of nitro groups is 1. The molecule has 3 aromatic rings. The first-order valence-corrected chi connectivity index (χ1v) is 14.8. The molecule has 42 heavy (non-hydrogen) atoms. The van der Waals surface area contributed by atoms with Crippen molar-refractivity contribution in [3.8, 4) is 0 Å². The second kappa shape index (κ2) is 11.7. The number of hydrogen-bond donors (Lipinski definition) is 2. The maximum absolute atomic E-state index is 14.0. The van der Waals surface area contributed by atoms with E-state index in [4.69, 9.17) is 0 Å². The van der Waals surface area contributed by atoms with Gasteiger partial charge in [-0.3, -0.25) is 19.7 Å². The smallest absolute Gasteiger partial charge is 0.269 e. The van der Waals surface area contributed by atoms with Gasteiger partial charge in [-0.1, -0.05) is 40.2 Å². The maximum Gasteiger partial charge on any atom is 0.269 e. The molecule has 0 aliphatic carbocycles. The highest BCUT2D eigenvalue weighted by Gasteiger charge is 2.54. The van der Waals surface area contributed by atoms with Crippen LogP contribution in [0.4, 0.5) is 22.7 Å². The molecule has 6 rings (SSSR count). The van der Waals surface area contributed by atoms with Crippen molar-refractivity contribution in [2.75, 3.05) is 28.3 Å². The lowest BCUT2D eigenvalue weighted by Gasteiger charge is -2.40. The van der Waals surface area contributed by atoms with Crippen molar-refractivity contribution in [3.63, 3.8) is 0 Å². The zero-order valence-electron chi connectivity index (χ0n) is 22.7. The van der Waals surface area contributed by atoms with E-state index in [0.717, 1.165) is 36.1 Å². The number of benzene rings is 3. The van der Waals surface area contributed by atoms with E-state index in [0.29, 0.717) is 16.9 Å². The Morgan fingerprint density at radius 2 is 1.50 bits per heavy atom. The topological polar surface area (TPSA) is 119 Å². The third-order valence-corrected chi connectivity index (χ3v) is 8.68. The first-order chi connectivity index (χ1) is 20.3. The van der Waals surface area contributed by atoms with E-state index in [1.165, 1.54) is 35.6 Å². The second-order valence-electron chi connectivity index (χ2n) is 10.7. The monoisotopic (exact) mass is 631 g/mol. The summed E-state index contributed by atoms with van der Waals surface area (Å²) in [5, 5.41) is 24.2. The Bertz CT molecular complexity index is 1510. The molecular weight excluding hydrogens is 602 g/mol. The number of non-ortho nitro benzene ring substituents is 1. The zero-order valence-corrected chi connectivity index (χ0v) is 24.3. The van der Waals surface area contributed by atoms with Gasteiger partial charge in [0.2, 0.25) is 5.91 Å². The number of nitrogens with zero attached hydrogens (tertiary/aromatic N) is 4. The van der Waals surface area contributed by atoms with Gasteiger partial charge in [-0.05, 0) is 73.4 Å². The molecule has 4 atom stereocenters. The summed E-state index contributed by atoms with van der Waals surface area (Å²) in [7, 11) is 0. The quantitative estimate of drug-likeness (QED) is 0.158. The number of hydrazine groups is 1. The fourth-order valence-electron chi connectivity index (χ4n) is 5.95. The van der Waals surface area contributed by atoms with E-state index in [2.05, 4.69) is 26.3 Å². The van der Waals surface area contributed by atoms with Crippen molar-refractivity contribution in [1.82, 2.24) is 5.01 Å². The Morgan fingerprint density at radius 3 is 2.14 bits per heavy atom. The number of fused-ring (bicyclic) bond motifs is 1. The summed E-state index contributed by atoms with van der Waals surface area (Å²) in [6.45, 7) is 1.97. The number of carbonyl (C=O) groups excluding carboxylic acids is 2. The van der Waals surface area contributed by atoms with Crippen LogP contribution in [0.2, 0.25) is 0 Å². The molecule has 2 fully saturated rings. The molecule has 2 amide bonds. The number of aliphatic hydroxyl groups is 1. The lowest BCUT2D eigenvalue weighted by molar-refractivity contribution is -0.384. The predicted molar refractivity (Wildman–Crippen MR) is 163 cm³/mol. The van der Waals surface area contributed by atoms with Crippen molar-refractivity contribution in [3.05, 3.63) is 105 Å². The van der Waals surface area contributed by atoms with E-state index >= 15 is 0 Å². The molecule has 3 heterocycles. The summed E-state index contributed by atoms with van der Waals surface area (Å²) in [4.78, 5) is 41.9. The van der Waals surface area contributed by atoms with Crippen LogP contribution in [0.5, 0.6) is 0 Å². The minimum atomic E-state index is -1.04. The Labute approximate surface area is 251 Å². The number of aliphatic hydroxyl groups excluding tert-OH is 1. The van der Waals surface area contributed by atoms with Crippen molar-refractivity contribution in [2.24, 2.45) is 5.92 Å². The summed E-state index contributed by atoms with van der Waals surface area (Å²) >= 11 is 3.41. The zero-order chi connectivity index (χ0) is 29.4. The SMILES string of the molecule is O=C1[C@@H]2[C@@H](C=C[C@H]([C@H](O)c3ccc(Br)cc3)N2Nc2ccc([N+](=O)[O-])cc2)C(=O)N1c1ccc(N2CCCCC2)cc1. The number of anilines is 3. The van der Waals surface area contributed by atoms with Crippen molar-refractivity contribution < 1.29 is 19.6 Å². The molecule has 0 unspecified atom stereocenters. The highest BCUT2D eigenvalue weighted by molar-refractivity contribution is 9.10. The van der Waals surface area contributed by atoms with Crippen LogP contribution in [0.25, 0.3) is 0 Å². The summed E-state index contributed by atoms with van der Waals surface area (Å²) in [6.07, 6.45) is 5.91. The Balaban J connectivity index is 1.32. The number of amides is 2. The first-order valence-electron chi connectivity index (χ1n) is 14.0. The number of nitrogens with one attached hydrogen (secondary N) is 1. The van der Waals surface area contributed by atoms with Gasteiger partial charge in [0, 0.05) is 41.1 Å². The van der Waals surface area contributed by atoms with Gasteiger partial charge in [0.1, 0.15) is 6.04 Å². The van der Waals surface area contributed by atoms with Gasteiger partial charge in [0.25, 0.3) is 11.6 Å². The van der Waals surface area contributed by atoms with E-state index in [1.807, 2.05) is 36.4 Å². The standard InChI is InChI=1S/C31H30BrN5O5/c32-21-6-4-20(5-7-21)29(38)27-17-16-26-28(36(27)33-22-8-10-25(11-9-22)37(41)42)31(40)35(30(26)39)24-14-12-23(13-15-24)34-18-2-1-3-19-34/h4-17,26-29,33,38H,1-3,18-19H2/t26-,27-,28+,29-/m1/s1. The Kier molecular flexibility index (Phi) is 7.80. The summed E-state index contributed by atoms with van der Waals surface area (Å²) in [6, 6.07) is 18.9. The summed E-state index contributed by atoms with van der Waals surface area (Å²) in [5.74, 6) is -1.54. The molecule has 2 N–H and O–H groups in total. The van der Waals surface area contributed by atoms with E-state index < -0.39 is 34.9 Å². The molecule has 0 aromatic heterocycles. The largest absolute Gasteiger partial charge is 0.386 e. The lowest BCUT2D eigenvalue weighted by Crippen LogP contribution is -2.55. The fraction of sp³-hybridized carbons (Fsp3) is 0.290. The van der Waals surface area contributed by atoms with Gasteiger partial charge in [0.05, 0.1) is 28.7 Å². The van der Waals surface area contributed by atoms with Crippen molar-refractivity contribution in [2.45, 2.75) is 37.5 Å². The van der Waals surface area contributed by atoms with Gasteiger partial charge in [-0.15, -0.1) is 0 Å². The molecule has 10 nitrogen and oxygen atoms in total. The average molecular weight is 633 g/mol. The van der Waals surface area contributed by atoms with E-state index in [1.54, 1.807) is 29.3 Å². The van der Waals surface area contributed by atoms with Crippen LogP contribution in [0.1, 0.15) is 30.9 Å². The summed E-state index contributed by atoms with van der Waals surface area (Å²) < 4.78 is 0.858. The fourth-order valence-corrected chi connectivity index (χ4v) is 6.22. The molecule has 11 heteroatoms. The minimum Gasteiger partial charge on any atom is -0.386 e. The average Bonchev–Trinajstić information content (AvgIpc) is 3.27. The molecule has 3 aromatic carbocycles. The molecule has 0 radical (unpaired) electrons. The van der Waals surface area contributed by atoms with Crippen LogP contribution in [-0.2, 0) is 9.59 Å². The molecule has 0 spiro atoms. The number of carbonyl (C=O) groups is 2. The van der Waals surface area contributed by atoms with Gasteiger partial charge in [-0.2, -0.15) is 0 Å². The van der Waals surface area contributed by atoms with Crippen molar-refractivity contribution in [1.29, 1.82) is 0 Å². The number of piperidine rings is 1. The lowest BCUT2D eigenvalue weighted by atomic mass is 9.90. The third-order valence-electron chi connectivity index (χ3n) is 8.16. The molecule has 216 valence electrons. The van der Waals surface area contributed by atoms with Crippen LogP contribution in [0, 0.1) is 16.0 Å².